The average molecular weight is 261 g/mol. The molecule has 1 aromatic rings. The lowest BCUT2D eigenvalue weighted by Crippen LogP contribution is -2.53. The number of hydrogen-bond acceptors (Lipinski definition) is 3. The minimum Gasteiger partial charge on any atom is -0.486 e. The molecule has 0 aliphatic carbocycles. The van der Waals surface area contributed by atoms with Gasteiger partial charge in [0.1, 0.15) is 38.1 Å². The molecule has 0 N–H and O–H groups in total. The van der Waals surface area contributed by atoms with E-state index in [1.54, 1.807) is 6.07 Å². The first kappa shape index (κ1) is 13.9. The van der Waals surface area contributed by atoms with E-state index in [-0.39, 0.29) is 0 Å². The van der Waals surface area contributed by atoms with Crippen LogP contribution in [0, 0.1) is 18.3 Å². The van der Waals surface area contributed by atoms with Crippen LogP contribution in [0.1, 0.15) is 11.1 Å². The van der Waals surface area contributed by atoms with E-state index in [4.69, 9.17) is 14.7 Å². The van der Waals surface area contributed by atoms with Gasteiger partial charge in [-0.05, 0) is 18.6 Å². The molecule has 0 atom stereocenters. The van der Waals surface area contributed by atoms with Crippen molar-refractivity contribution < 1.29 is 14.0 Å². The van der Waals surface area contributed by atoms with Crippen molar-refractivity contribution in [2.24, 2.45) is 0 Å². The molecule has 4 heteroatoms. The molecule has 1 heterocycles. The normalized spacial score (nSPS) is 17.7. The molecule has 2 rings (SSSR count). The van der Waals surface area contributed by atoms with Crippen LogP contribution in [0.2, 0.25) is 0 Å². The number of hydrogen-bond donors (Lipinski definition) is 0. The monoisotopic (exact) mass is 261 g/mol. The van der Waals surface area contributed by atoms with Crippen molar-refractivity contribution in [2.75, 3.05) is 46.5 Å². The Balaban J connectivity index is 1.94. The minimum atomic E-state index is 0.615. The molecular weight excluding hydrogens is 240 g/mol. The summed E-state index contributed by atoms with van der Waals surface area (Å²) in [4.78, 5) is 0. The molecular formula is C15H21N2O2+. The highest BCUT2D eigenvalue weighted by atomic mass is 16.5. The van der Waals surface area contributed by atoms with Crippen molar-refractivity contribution in [3.8, 4) is 11.8 Å². The van der Waals surface area contributed by atoms with E-state index in [1.807, 2.05) is 19.1 Å². The number of quaternary nitrogens is 1. The zero-order valence-corrected chi connectivity index (χ0v) is 11.7. The molecule has 1 aromatic carbocycles. The topological polar surface area (TPSA) is 42.2 Å². The number of likely N-dealkylation sites (N-methyl/N-ethyl adjacent to an activating group) is 1. The first-order valence-electron chi connectivity index (χ1n) is 6.68. The van der Waals surface area contributed by atoms with Gasteiger partial charge in [0.15, 0.2) is 0 Å². The Labute approximate surface area is 114 Å². The van der Waals surface area contributed by atoms with Crippen molar-refractivity contribution in [3.05, 3.63) is 29.3 Å². The summed E-state index contributed by atoms with van der Waals surface area (Å²) in [7, 11) is 2.23. The third-order valence-corrected chi connectivity index (χ3v) is 3.76. The highest BCUT2D eigenvalue weighted by Crippen LogP contribution is 2.22. The van der Waals surface area contributed by atoms with Crippen molar-refractivity contribution in [1.82, 2.24) is 0 Å². The molecule has 0 bridgehead atoms. The van der Waals surface area contributed by atoms with Crippen LogP contribution >= 0.6 is 0 Å². The number of nitriles is 1. The number of aryl methyl sites for hydroxylation is 1. The molecule has 1 aliphatic heterocycles. The van der Waals surface area contributed by atoms with Gasteiger partial charge in [-0.15, -0.1) is 0 Å². The minimum absolute atomic E-state index is 0.615. The van der Waals surface area contributed by atoms with Crippen LogP contribution in [0.3, 0.4) is 0 Å². The second kappa shape index (κ2) is 6.05. The summed E-state index contributed by atoms with van der Waals surface area (Å²) in [5.74, 6) is 0.727. The van der Waals surface area contributed by atoms with E-state index in [1.165, 1.54) is 0 Å². The van der Waals surface area contributed by atoms with Gasteiger partial charge in [-0.25, -0.2) is 0 Å². The van der Waals surface area contributed by atoms with Crippen molar-refractivity contribution in [1.29, 1.82) is 5.26 Å². The maximum atomic E-state index is 9.09. The predicted molar refractivity (Wildman–Crippen MR) is 73.0 cm³/mol. The summed E-state index contributed by atoms with van der Waals surface area (Å²) >= 11 is 0. The summed E-state index contributed by atoms with van der Waals surface area (Å²) in [5, 5.41) is 9.09. The molecule has 1 aliphatic rings. The quantitative estimate of drug-likeness (QED) is 0.775. The van der Waals surface area contributed by atoms with Crippen LogP contribution in [-0.4, -0.2) is 51.0 Å². The molecule has 102 valence electrons. The predicted octanol–water partition coefficient (Wildman–Crippen LogP) is 1.72. The molecule has 1 fully saturated rings. The fourth-order valence-corrected chi connectivity index (χ4v) is 2.31. The smallest absolute Gasteiger partial charge is 0.140 e. The lowest BCUT2D eigenvalue weighted by atomic mass is 10.1. The van der Waals surface area contributed by atoms with Crippen LogP contribution in [0.5, 0.6) is 5.75 Å². The van der Waals surface area contributed by atoms with Gasteiger partial charge in [0.25, 0.3) is 0 Å². The van der Waals surface area contributed by atoms with Gasteiger partial charge in [0.2, 0.25) is 0 Å². The maximum absolute atomic E-state index is 9.09. The van der Waals surface area contributed by atoms with E-state index in [9.17, 15) is 0 Å². The number of nitrogens with zero attached hydrogens (tertiary/aromatic N) is 2. The molecule has 19 heavy (non-hydrogen) atoms. The standard InChI is InChI=1S/C15H21N2O2/c1-13-4-3-5-14(12-16)15(13)19-11-8-17(2)6-9-18-10-7-17/h3-5H,6-11H2,1-2H3/q+1. The Kier molecular flexibility index (Phi) is 4.41. The molecule has 1 saturated heterocycles. The molecule has 0 spiro atoms. The number of benzene rings is 1. The fourth-order valence-electron chi connectivity index (χ4n) is 2.31. The SMILES string of the molecule is Cc1cccc(C#N)c1OCC[N+]1(C)CCOCC1. The summed E-state index contributed by atoms with van der Waals surface area (Å²) in [6, 6.07) is 7.84. The lowest BCUT2D eigenvalue weighted by Gasteiger charge is -2.37. The highest BCUT2D eigenvalue weighted by Gasteiger charge is 2.25. The van der Waals surface area contributed by atoms with Gasteiger partial charge in [-0.3, -0.25) is 0 Å². The van der Waals surface area contributed by atoms with Crippen LogP contribution in [0.4, 0.5) is 0 Å². The largest absolute Gasteiger partial charge is 0.486 e. The van der Waals surface area contributed by atoms with E-state index >= 15 is 0 Å². The summed E-state index contributed by atoms with van der Waals surface area (Å²) in [6.07, 6.45) is 0. The summed E-state index contributed by atoms with van der Waals surface area (Å²) in [6.45, 7) is 7.26. The number of para-hydroxylation sites is 1. The van der Waals surface area contributed by atoms with Gasteiger partial charge in [-0.2, -0.15) is 5.26 Å². The zero-order chi connectivity index (χ0) is 13.7. The van der Waals surface area contributed by atoms with E-state index in [0.29, 0.717) is 12.2 Å². The van der Waals surface area contributed by atoms with Gasteiger partial charge in [0.05, 0.1) is 25.8 Å². The second-order valence-electron chi connectivity index (χ2n) is 5.31. The third-order valence-electron chi connectivity index (χ3n) is 3.76. The van der Waals surface area contributed by atoms with Crippen LogP contribution in [0.15, 0.2) is 18.2 Å². The van der Waals surface area contributed by atoms with Gasteiger partial charge in [-0.1, -0.05) is 12.1 Å². The van der Waals surface area contributed by atoms with E-state index < -0.39 is 0 Å². The van der Waals surface area contributed by atoms with Crippen molar-refractivity contribution in [3.63, 3.8) is 0 Å². The Morgan fingerprint density at radius 2 is 2.11 bits per heavy atom. The van der Waals surface area contributed by atoms with Crippen LogP contribution < -0.4 is 4.74 Å². The first-order valence-corrected chi connectivity index (χ1v) is 6.68. The Bertz CT molecular complexity index is 474. The van der Waals surface area contributed by atoms with Crippen LogP contribution in [-0.2, 0) is 4.74 Å². The zero-order valence-electron chi connectivity index (χ0n) is 11.7. The third kappa shape index (κ3) is 3.46. The molecule has 0 amide bonds. The van der Waals surface area contributed by atoms with Gasteiger partial charge >= 0.3 is 0 Å². The molecule has 0 saturated carbocycles. The Morgan fingerprint density at radius 3 is 2.79 bits per heavy atom. The fraction of sp³-hybridized carbons (Fsp3) is 0.533. The maximum Gasteiger partial charge on any atom is 0.140 e. The van der Waals surface area contributed by atoms with E-state index in [0.717, 1.165) is 48.6 Å². The molecule has 0 radical (unpaired) electrons. The second-order valence-corrected chi connectivity index (χ2v) is 5.31. The van der Waals surface area contributed by atoms with Crippen LogP contribution in [0.25, 0.3) is 0 Å². The summed E-state index contributed by atoms with van der Waals surface area (Å²) in [5.41, 5.74) is 1.63. The molecule has 0 unspecified atom stereocenters. The lowest BCUT2D eigenvalue weighted by molar-refractivity contribution is -0.916. The van der Waals surface area contributed by atoms with Gasteiger partial charge in [0, 0.05) is 0 Å². The number of ether oxygens (including phenoxy) is 2. The molecule has 4 nitrogen and oxygen atoms in total. The average Bonchev–Trinajstić information content (AvgIpc) is 2.41. The molecule has 0 aromatic heterocycles. The van der Waals surface area contributed by atoms with Crippen molar-refractivity contribution in [2.45, 2.75) is 6.92 Å². The highest BCUT2D eigenvalue weighted by molar-refractivity contribution is 5.47. The number of rotatable bonds is 4. The van der Waals surface area contributed by atoms with Crippen molar-refractivity contribution >= 4 is 0 Å². The first-order chi connectivity index (χ1) is 9.14. The van der Waals surface area contributed by atoms with Gasteiger partial charge < -0.3 is 14.0 Å². The Morgan fingerprint density at radius 1 is 1.37 bits per heavy atom. The summed E-state index contributed by atoms with van der Waals surface area (Å²) < 4.78 is 12.2. The van der Waals surface area contributed by atoms with E-state index in [2.05, 4.69) is 13.1 Å². The number of morpholine rings is 1. The Hall–Kier alpha value is -1.57.